The summed E-state index contributed by atoms with van der Waals surface area (Å²) >= 11 is 0. The topological polar surface area (TPSA) is 103 Å². The Labute approximate surface area is 181 Å². The van der Waals surface area contributed by atoms with E-state index in [0.29, 0.717) is 18.1 Å². The summed E-state index contributed by atoms with van der Waals surface area (Å²) in [6, 6.07) is 11.6. The van der Waals surface area contributed by atoms with Gasteiger partial charge in [-0.3, -0.25) is 4.79 Å². The Morgan fingerprint density at radius 2 is 1.87 bits per heavy atom. The number of hydrogen-bond donors (Lipinski definition) is 2. The molecule has 1 aliphatic carbocycles. The fourth-order valence-corrected chi connectivity index (χ4v) is 5.33. The number of para-hydroxylation sites is 2. The molecule has 0 spiro atoms. The maximum atomic E-state index is 12.9. The van der Waals surface area contributed by atoms with E-state index in [1.54, 1.807) is 6.07 Å². The third-order valence-corrected chi connectivity index (χ3v) is 6.99. The molecule has 166 valence electrons. The van der Waals surface area contributed by atoms with Crippen molar-refractivity contribution in [3.63, 3.8) is 0 Å². The molecule has 31 heavy (non-hydrogen) atoms. The lowest BCUT2D eigenvalue weighted by Crippen LogP contribution is -2.40. The standard InChI is InChI=1S/C22H26N2O6S/c1-28-20-11-10-15(12-21(20)31(26,27)24-16-6-2-3-7-16)22(25)23-13-17-14-29-18-8-4-5-9-19(18)30-17/h4-5,8-12,16-17,24H,2-3,6-7,13-14H2,1H3,(H,23,25)/t17-/m1/s1. The van der Waals surface area contributed by atoms with E-state index in [9.17, 15) is 13.2 Å². The normalized spacial score (nSPS) is 18.5. The molecule has 9 heteroatoms. The van der Waals surface area contributed by atoms with Crippen LogP contribution >= 0.6 is 0 Å². The Hall–Kier alpha value is -2.78. The molecular weight excluding hydrogens is 420 g/mol. The van der Waals surface area contributed by atoms with Crippen molar-refractivity contribution in [2.45, 2.75) is 42.7 Å². The average molecular weight is 447 g/mol. The molecule has 1 fully saturated rings. The molecule has 1 heterocycles. The minimum atomic E-state index is -3.81. The fraction of sp³-hybridized carbons (Fsp3) is 0.409. The fourth-order valence-electron chi connectivity index (χ4n) is 3.83. The molecule has 0 saturated heterocycles. The number of nitrogens with one attached hydrogen (secondary N) is 2. The van der Waals surface area contributed by atoms with Gasteiger partial charge in [0.2, 0.25) is 10.0 Å². The highest BCUT2D eigenvalue weighted by Crippen LogP contribution is 2.31. The molecule has 0 aromatic heterocycles. The van der Waals surface area contributed by atoms with Crippen LogP contribution in [0, 0.1) is 0 Å². The van der Waals surface area contributed by atoms with E-state index < -0.39 is 15.9 Å². The largest absolute Gasteiger partial charge is 0.495 e. The third-order valence-electron chi connectivity index (χ3n) is 5.45. The number of ether oxygens (including phenoxy) is 3. The smallest absolute Gasteiger partial charge is 0.251 e. The van der Waals surface area contributed by atoms with Crippen LogP contribution < -0.4 is 24.2 Å². The first-order valence-electron chi connectivity index (χ1n) is 10.3. The maximum absolute atomic E-state index is 12.9. The number of sulfonamides is 1. The average Bonchev–Trinajstić information content (AvgIpc) is 3.29. The second-order valence-electron chi connectivity index (χ2n) is 7.68. The molecule has 1 amide bonds. The molecule has 2 aliphatic rings. The number of amides is 1. The second-order valence-corrected chi connectivity index (χ2v) is 9.36. The lowest BCUT2D eigenvalue weighted by Gasteiger charge is -2.26. The lowest BCUT2D eigenvalue weighted by molar-refractivity contribution is 0.0789. The Morgan fingerprint density at radius 1 is 1.13 bits per heavy atom. The molecule has 1 atom stereocenters. The van der Waals surface area contributed by atoms with Gasteiger partial charge in [0.25, 0.3) is 5.91 Å². The lowest BCUT2D eigenvalue weighted by atomic mass is 10.2. The summed E-state index contributed by atoms with van der Waals surface area (Å²) in [6.45, 7) is 0.534. The van der Waals surface area contributed by atoms with E-state index in [4.69, 9.17) is 14.2 Å². The first-order valence-corrected chi connectivity index (χ1v) is 11.8. The van der Waals surface area contributed by atoms with Crippen LogP contribution in [0.1, 0.15) is 36.0 Å². The van der Waals surface area contributed by atoms with E-state index in [-0.39, 0.29) is 34.9 Å². The first kappa shape index (κ1) is 21.5. The van der Waals surface area contributed by atoms with Gasteiger partial charge in [0.1, 0.15) is 23.4 Å². The number of hydrogen-bond acceptors (Lipinski definition) is 6. The molecular formula is C22H26N2O6S. The van der Waals surface area contributed by atoms with Gasteiger partial charge >= 0.3 is 0 Å². The predicted octanol–water partition coefficient (Wildman–Crippen LogP) is 2.49. The summed E-state index contributed by atoms with van der Waals surface area (Å²) in [5, 5.41) is 2.79. The van der Waals surface area contributed by atoms with Gasteiger partial charge < -0.3 is 19.5 Å². The zero-order chi connectivity index (χ0) is 21.8. The van der Waals surface area contributed by atoms with Gasteiger partial charge in [0.05, 0.1) is 13.7 Å². The van der Waals surface area contributed by atoms with Gasteiger partial charge in [0.15, 0.2) is 11.5 Å². The quantitative estimate of drug-likeness (QED) is 0.677. The van der Waals surface area contributed by atoms with Crippen LogP contribution in [-0.4, -0.2) is 46.7 Å². The summed E-state index contributed by atoms with van der Waals surface area (Å²) in [4.78, 5) is 12.7. The Balaban J connectivity index is 1.44. The summed E-state index contributed by atoms with van der Waals surface area (Å²) in [7, 11) is -2.41. The Bertz CT molecular complexity index is 1050. The minimum absolute atomic E-state index is 0.0410. The Kier molecular flexibility index (Phi) is 6.33. The number of rotatable bonds is 7. The van der Waals surface area contributed by atoms with Gasteiger partial charge in [0, 0.05) is 11.6 Å². The molecule has 1 saturated carbocycles. The molecule has 0 bridgehead atoms. The van der Waals surface area contributed by atoms with Crippen LogP contribution in [0.15, 0.2) is 47.4 Å². The molecule has 2 N–H and O–H groups in total. The predicted molar refractivity (Wildman–Crippen MR) is 114 cm³/mol. The summed E-state index contributed by atoms with van der Waals surface area (Å²) in [5.41, 5.74) is 0.227. The molecule has 0 unspecified atom stereocenters. The van der Waals surface area contributed by atoms with E-state index in [1.165, 1.54) is 25.3 Å². The monoisotopic (exact) mass is 446 g/mol. The molecule has 8 nitrogen and oxygen atoms in total. The van der Waals surface area contributed by atoms with Gasteiger partial charge in [-0.25, -0.2) is 13.1 Å². The molecule has 2 aromatic rings. The second kappa shape index (κ2) is 9.15. The van der Waals surface area contributed by atoms with Gasteiger partial charge in [-0.2, -0.15) is 0 Å². The highest BCUT2D eigenvalue weighted by Gasteiger charge is 2.27. The van der Waals surface area contributed by atoms with Crippen LogP contribution in [-0.2, 0) is 10.0 Å². The van der Waals surface area contributed by atoms with E-state index >= 15 is 0 Å². The summed E-state index contributed by atoms with van der Waals surface area (Å²) in [6.07, 6.45) is 3.29. The van der Waals surface area contributed by atoms with Crippen molar-refractivity contribution in [2.24, 2.45) is 0 Å². The SMILES string of the molecule is COc1ccc(C(=O)NC[C@@H]2COc3ccccc3O2)cc1S(=O)(=O)NC1CCCC1. The number of carbonyl (C=O) groups excluding carboxylic acids is 1. The molecule has 0 radical (unpaired) electrons. The zero-order valence-electron chi connectivity index (χ0n) is 17.3. The number of fused-ring (bicyclic) bond motifs is 1. The van der Waals surface area contributed by atoms with E-state index in [1.807, 2.05) is 18.2 Å². The van der Waals surface area contributed by atoms with Crippen molar-refractivity contribution < 1.29 is 27.4 Å². The van der Waals surface area contributed by atoms with Crippen LogP contribution in [0.3, 0.4) is 0 Å². The molecule has 2 aromatic carbocycles. The highest BCUT2D eigenvalue weighted by molar-refractivity contribution is 7.89. The van der Waals surface area contributed by atoms with Crippen LogP contribution in [0.2, 0.25) is 0 Å². The number of benzene rings is 2. The van der Waals surface area contributed by atoms with Gasteiger partial charge in [-0.15, -0.1) is 0 Å². The molecule has 4 rings (SSSR count). The van der Waals surface area contributed by atoms with Crippen molar-refractivity contribution in [2.75, 3.05) is 20.3 Å². The first-order chi connectivity index (χ1) is 15.0. The van der Waals surface area contributed by atoms with Gasteiger partial charge in [-0.1, -0.05) is 25.0 Å². The van der Waals surface area contributed by atoms with Crippen LogP contribution in [0.25, 0.3) is 0 Å². The number of carbonyl (C=O) groups is 1. The van der Waals surface area contributed by atoms with Crippen molar-refractivity contribution in [1.82, 2.24) is 10.0 Å². The van der Waals surface area contributed by atoms with E-state index in [2.05, 4.69) is 10.0 Å². The van der Waals surface area contributed by atoms with Crippen molar-refractivity contribution in [3.05, 3.63) is 48.0 Å². The van der Waals surface area contributed by atoms with Crippen molar-refractivity contribution in [3.8, 4) is 17.2 Å². The number of methoxy groups -OCH3 is 1. The third kappa shape index (κ3) is 4.94. The van der Waals surface area contributed by atoms with Gasteiger partial charge in [-0.05, 0) is 43.2 Å². The van der Waals surface area contributed by atoms with Crippen LogP contribution in [0.4, 0.5) is 0 Å². The zero-order valence-corrected chi connectivity index (χ0v) is 18.1. The Morgan fingerprint density at radius 3 is 2.61 bits per heavy atom. The molecule has 1 aliphatic heterocycles. The van der Waals surface area contributed by atoms with E-state index in [0.717, 1.165) is 25.7 Å². The summed E-state index contributed by atoms with van der Waals surface area (Å²) < 4.78 is 45.3. The van der Waals surface area contributed by atoms with Crippen molar-refractivity contribution >= 4 is 15.9 Å². The highest BCUT2D eigenvalue weighted by atomic mass is 32.2. The van der Waals surface area contributed by atoms with Crippen LogP contribution in [0.5, 0.6) is 17.2 Å². The summed E-state index contributed by atoms with van der Waals surface area (Å²) in [5.74, 6) is 1.10. The maximum Gasteiger partial charge on any atom is 0.251 e. The van der Waals surface area contributed by atoms with Crippen molar-refractivity contribution in [1.29, 1.82) is 0 Å². The minimum Gasteiger partial charge on any atom is -0.495 e.